The summed E-state index contributed by atoms with van der Waals surface area (Å²) in [6, 6.07) is -0.296. The second kappa shape index (κ2) is 12.0. The van der Waals surface area contributed by atoms with Gasteiger partial charge in [-0.3, -0.25) is 4.79 Å². The number of hydrogen-bond donors (Lipinski definition) is 4. The van der Waals surface area contributed by atoms with E-state index >= 15 is 0 Å². The number of amides is 3. The van der Waals surface area contributed by atoms with Crippen LogP contribution < -0.4 is 15.5 Å². The second-order valence-electron chi connectivity index (χ2n) is 9.09. The molecule has 0 bridgehead atoms. The van der Waals surface area contributed by atoms with Crippen LogP contribution in [-0.4, -0.2) is 101 Å². The van der Waals surface area contributed by atoms with Crippen molar-refractivity contribution >= 4 is 34.9 Å². The zero-order chi connectivity index (χ0) is 26.4. The van der Waals surface area contributed by atoms with Crippen molar-refractivity contribution in [1.29, 1.82) is 0 Å². The SMILES string of the molecule is CCCC(F)OC(=O)NCC1CN(c2ncnc3[nH]cc(C(=O)NC4CCCN(C(=O)O)C4)c23)CCO1. The fourth-order valence-corrected chi connectivity index (χ4v) is 4.57. The smallest absolute Gasteiger partial charge is 0.409 e. The molecule has 202 valence electrons. The first kappa shape index (κ1) is 26.4. The first-order valence-corrected chi connectivity index (χ1v) is 12.4. The number of halogens is 1. The van der Waals surface area contributed by atoms with Crippen LogP contribution in [0.15, 0.2) is 12.5 Å². The van der Waals surface area contributed by atoms with Crippen molar-refractivity contribution in [3.63, 3.8) is 0 Å². The molecule has 13 nitrogen and oxygen atoms in total. The summed E-state index contributed by atoms with van der Waals surface area (Å²) in [6.07, 6.45) is 1.10. The van der Waals surface area contributed by atoms with Gasteiger partial charge in [-0.05, 0) is 19.3 Å². The minimum absolute atomic E-state index is 0.116. The monoisotopic (exact) mass is 521 g/mol. The van der Waals surface area contributed by atoms with Crippen molar-refractivity contribution in [2.75, 3.05) is 44.2 Å². The molecule has 0 aliphatic carbocycles. The molecule has 2 fully saturated rings. The van der Waals surface area contributed by atoms with E-state index in [0.29, 0.717) is 67.9 Å². The number of ether oxygens (including phenoxy) is 2. The molecule has 37 heavy (non-hydrogen) atoms. The first-order chi connectivity index (χ1) is 17.9. The molecular weight excluding hydrogens is 489 g/mol. The van der Waals surface area contributed by atoms with Crippen molar-refractivity contribution in [2.24, 2.45) is 0 Å². The Morgan fingerprint density at radius 1 is 1.32 bits per heavy atom. The van der Waals surface area contributed by atoms with Gasteiger partial charge in [0.25, 0.3) is 5.91 Å². The third kappa shape index (κ3) is 6.56. The number of aromatic nitrogens is 3. The molecule has 4 rings (SSSR count). The lowest BCUT2D eigenvalue weighted by Crippen LogP contribution is -2.49. The van der Waals surface area contributed by atoms with Gasteiger partial charge in [0.1, 0.15) is 17.8 Å². The van der Waals surface area contributed by atoms with Crippen LogP contribution >= 0.6 is 0 Å². The van der Waals surface area contributed by atoms with Crippen LogP contribution in [0.3, 0.4) is 0 Å². The number of piperidine rings is 1. The average Bonchev–Trinajstić information content (AvgIpc) is 3.32. The molecule has 14 heteroatoms. The maximum Gasteiger partial charge on any atom is 0.409 e. The number of morpholine rings is 1. The lowest BCUT2D eigenvalue weighted by Gasteiger charge is -2.34. The third-order valence-electron chi connectivity index (χ3n) is 6.38. The molecule has 0 saturated carbocycles. The zero-order valence-electron chi connectivity index (χ0n) is 20.6. The Morgan fingerprint density at radius 3 is 2.95 bits per heavy atom. The molecular formula is C23H32FN7O6. The number of aromatic amines is 1. The van der Waals surface area contributed by atoms with Crippen molar-refractivity contribution in [2.45, 2.75) is 51.1 Å². The Labute approximate surface area is 212 Å². The van der Waals surface area contributed by atoms with Gasteiger partial charge in [0.2, 0.25) is 6.36 Å². The van der Waals surface area contributed by atoms with Crippen LogP contribution in [0.1, 0.15) is 43.0 Å². The van der Waals surface area contributed by atoms with E-state index in [2.05, 4.69) is 30.3 Å². The van der Waals surface area contributed by atoms with Crippen LogP contribution in [0.5, 0.6) is 0 Å². The number of likely N-dealkylation sites (tertiary alicyclic amines) is 1. The molecule has 0 spiro atoms. The number of anilines is 1. The van der Waals surface area contributed by atoms with Crippen molar-refractivity contribution in [3.05, 3.63) is 18.1 Å². The summed E-state index contributed by atoms with van der Waals surface area (Å²) in [5, 5.41) is 15.3. The van der Waals surface area contributed by atoms with Crippen molar-refractivity contribution < 1.29 is 33.4 Å². The minimum atomic E-state index is -1.65. The molecule has 2 aromatic rings. The highest BCUT2D eigenvalue weighted by Gasteiger charge is 2.29. The highest BCUT2D eigenvalue weighted by Crippen LogP contribution is 2.28. The number of H-pyrrole nitrogens is 1. The Hall–Kier alpha value is -3.68. The third-order valence-corrected chi connectivity index (χ3v) is 6.38. The van der Waals surface area contributed by atoms with Crippen LogP contribution in [-0.2, 0) is 9.47 Å². The Morgan fingerprint density at radius 2 is 2.16 bits per heavy atom. The fourth-order valence-electron chi connectivity index (χ4n) is 4.57. The van der Waals surface area contributed by atoms with Crippen molar-refractivity contribution in [1.82, 2.24) is 30.5 Å². The number of carbonyl (C=O) groups is 3. The summed E-state index contributed by atoms with van der Waals surface area (Å²) in [6.45, 7) is 3.81. The Kier molecular flexibility index (Phi) is 8.58. The number of carboxylic acid groups (broad SMARTS) is 1. The van der Waals surface area contributed by atoms with Crippen LogP contribution in [0.4, 0.5) is 19.8 Å². The number of fused-ring (bicyclic) bond motifs is 1. The fraction of sp³-hybridized carbons (Fsp3) is 0.609. The van der Waals surface area contributed by atoms with Gasteiger partial charge in [0.15, 0.2) is 0 Å². The Bertz CT molecular complexity index is 1110. The first-order valence-electron chi connectivity index (χ1n) is 12.4. The molecule has 2 saturated heterocycles. The summed E-state index contributed by atoms with van der Waals surface area (Å²) in [4.78, 5) is 51.3. The molecule has 2 aliphatic heterocycles. The molecule has 3 amide bonds. The standard InChI is InChI=1S/C23H32FN7O6/c1-2-4-17(24)37-22(33)26-9-15-12-30(7-8-36-15)20-18-16(10-25-19(18)27-13-28-20)21(32)29-14-5-3-6-31(11-14)23(34)35/h10,13-15,17H,2-9,11-12H2,1H3,(H,26,33)(H,29,32)(H,34,35)(H,25,27,28). The highest BCUT2D eigenvalue weighted by atomic mass is 19.1. The quantitative estimate of drug-likeness (QED) is 0.406. The Balaban J connectivity index is 1.43. The number of alkyl halides is 1. The van der Waals surface area contributed by atoms with Gasteiger partial charge in [-0.25, -0.2) is 23.9 Å². The van der Waals surface area contributed by atoms with Crippen LogP contribution in [0.25, 0.3) is 11.0 Å². The molecule has 4 heterocycles. The lowest BCUT2D eigenvalue weighted by molar-refractivity contribution is 0.00188. The minimum Gasteiger partial charge on any atom is -0.465 e. The molecule has 0 aromatic carbocycles. The average molecular weight is 522 g/mol. The largest absolute Gasteiger partial charge is 0.465 e. The van der Waals surface area contributed by atoms with E-state index < -0.39 is 24.6 Å². The lowest BCUT2D eigenvalue weighted by atomic mass is 10.1. The van der Waals surface area contributed by atoms with E-state index in [0.717, 1.165) is 0 Å². The van der Waals surface area contributed by atoms with E-state index in [1.807, 2.05) is 4.90 Å². The maximum absolute atomic E-state index is 13.5. The van der Waals surface area contributed by atoms with E-state index in [1.165, 1.54) is 11.2 Å². The van der Waals surface area contributed by atoms with Gasteiger partial charge in [-0.15, -0.1) is 0 Å². The maximum atomic E-state index is 13.5. The van der Waals surface area contributed by atoms with E-state index in [-0.39, 0.29) is 31.5 Å². The van der Waals surface area contributed by atoms with Crippen LogP contribution in [0.2, 0.25) is 0 Å². The highest BCUT2D eigenvalue weighted by molar-refractivity contribution is 6.09. The number of alkyl carbamates (subject to hydrolysis) is 1. The number of nitrogens with one attached hydrogen (secondary N) is 3. The number of hydrogen-bond acceptors (Lipinski definition) is 8. The summed E-state index contributed by atoms with van der Waals surface area (Å²) in [7, 11) is 0. The second-order valence-corrected chi connectivity index (χ2v) is 9.09. The van der Waals surface area contributed by atoms with Gasteiger partial charge in [0.05, 0.1) is 23.7 Å². The summed E-state index contributed by atoms with van der Waals surface area (Å²) in [5.41, 5.74) is 0.841. The van der Waals surface area contributed by atoms with Crippen molar-refractivity contribution in [3.8, 4) is 0 Å². The molecule has 3 unspecified atom stereocenters. The molecule has 0 radical (unpaired) electrons. The molecule has 4 N–H and O–H groups in total. The van der Waals surface area contributed by atoms with Gasteiger partial charge < -0.3 is 40.0 Å². The van der Waals surface area contributed by atoms with E-state index in [1.54, 1.807) is 13.1 Å². The predicted molar refractivity (Wildman–Crippen MR) is 130 cm³/mol. The molecule has 2 aliphatic rings. The summed E-state index contributed by atoms with van der Waals surface area (Å²) >= 11 is 0. The zero-order valence-corrected chi connectivity index (χ0v) is 20.6. The van der Waals surface area contributed by atoms with Gasteiger partial charge in [-0.2, -0.15) is 0 Å². The van der Waals surface area contributed by atoms with E-state index in [9.17, 15) is 23.9 Å². The van der Waals surface area contributed by atoms with Gasteiger partial charge in [0, 0.05) is 51.4 Å². The topological polar surface area (TPSA) is 162 Å². The number of carbonyl (C=O) groups excluding carboxylic acids is 2. The molecule has 3 atom stereocenters. The van der Waals surface area contributed by atoms with E-state index in [4.69, 9.17) is 4.74 Å². The van der Waals surface area contributed by atoms with Crippen LogP contribution in [0, 0.1) is 0 Å². The predicted octanol–water partition coefficient (Wildman–Crippen LogP) is 1.86. The summed E-state index contributed by atoms with van der Waals surface area (Å²) < 4.78 is 23.9. The summed E-state index contributed by atoms with van der Waals surface area (Å²) in [5.74, 6) is 0.191. The number of rotatable bonds is 8. The van der Waals surface area contributed by atoms with Gasteiger partial charge >= 0.3 is 12.2 Å². The normalized spacial score (nSPS) is 20.9. The van der Waals surface area contributed by atoms with Gasteiger partial charge in [-0.1, -0.05) is 6.92 Å². The number of nitrogens with zero attached hydrogens (tertiary/aromatic N) is 4. The molecule has 2 aromatic heterocycles.